The lowest BCUT2D eigenvalue weighted by Gasteiger charge is -2.25. The highest BCUT2D eigenvalue weighted by atomic mass is 16.7. The summed E-state index contributed by atoms with van der Waals surface area (Å²) < 4.78 is 22.8. The zero-order chi connectivity index (χ0) is 53.4. The highest BCUT2D eigenvalue weighted by molar-refractivity contribution is 5.71. The van der Waals surface area contributed by atoms with Gasteiger partial charge in [-0.25, -0.2) is 4.79 Å². The SMILES string of the molecule is CCCCCCCCCCCCCCCCCCCCCCCCCCCCCCCCCCCCCCCCCCC(=O)OC(COC(=O)CCCCCCCCCC)COC(OCC[N+](C)(C)C)C(=O)O. The highest BCUT2D eigenvalue weighted by Crippen LogP contribution is 2.19. The fourth-order valence-electron chi connectivity index (χ4n) is 9.90. The van der Waals surface area contributed by atoms with E-state index in [2.05, 4.69) is 13.8 Å². The maximum atomic E-state index is 12.8. The maximum absolute atomic E-state index is 12.8. The van der Waals surface area contributed by atoms with Gasteiger partial charge in [-0.05, 0) is 12.8 Å². The van der Waals surface area contributed by atoms with Crippen LogP contribution in [0.1, 0.15) is 335 Å². The number of unbranched alkanes of at least 4 members (excludes halogenated alkanes) is 46. The van der Waals surface area contributed by atoms with E-state index in [4.69, 9.17) is 18.9 Å². The second-order valence-corrected chi connectivity index (χ2v) is 23.4. The number of carbonyl (C=O) groups excluding carboxylic acids is 2. The minimum Gasteiger partial charge on any atom is -0.477 e. The van der Waals surface area contributed by atoms with Gasteiger partial charge >= 0.3 is 17.9 Å². The van der Waals surface area contributed by atoms with Crippen molar-refractivity contribution in [2.24, 2.45) is 0 Å². The summed E-state index contributed by atoms with van der Waals surface area (Å²) in [6.07, 6.45) is 62.7. The molecule has 0 fully saturated rings. The monoisotopic (exact) mass is 1040 g/mol. The van der Waals surface area contributed by atoms with Crippen molar-refractivity contribution in [3.8, 4) is 0 Å². The third-order valence-electron chi connectivity index (χ3n) is 14.9. The van der Waals surface area contributed by atoms with E-state index >= 15 is 0 Å². The Morgan fingerprint density at radius 2 is 0.616 bits per heavy atom. The van der Waals surface area contributed by atoms with Gasteiger partial charge in [0, 0.05) is 12.8 Å². The van der Waals surface area contributed by atoms with Gasteiger partial charge in [-0.2, -0.15) is 0 Å². The molecule has 0 radical (unpaired) electrons. The largest absolute Gasteiger partial charge is 0.477 e. The van der Waals surface area contributed by atoms with Crippen molar-refractivity contribution in [3.05, 3.63) is 0 Å². The Bertz CT molecular complexity index is 1160. The van der Waals surface area contributed by atoms with Crippen molar-refractivity contribution in [3.63, 3.8) is 0 Å². The van der Waals surface area contributed by atoms with E-state index in [1.165, 1.54) is 270 Å². The van der Waals surface area contributed by atoms with Crippen LogP contribution in [0.5, 0.6) is 0 Å². The topological polar surface area (TPSA) is 108 Å². The summed E-state index contributed by atoms with van der Waals surface area (Å²) in [6.45, 7) is 4.89. The number of quaternary nitrogens is 1. The third-order valence-corrected chi connectivity index (χ3v) is 14.9. The molecule has 0 spiro atoms. The molecule has 0 aliphatic rings. The van der Waals surface area contributed by atoms with Crippen LogP contribution >= 0.6 is 0 Å². The number of aliphatic carboxylic acids is 1. The number of ether oxygens (including phenoxy) is 4. The van der Waals surface area contributed by atoms with Gasteiger partial charge in [0.25, 0.3) is 6.29 Å². The molecular weight excluding hydrogens is 911 g/mol. The van der Waals surface area contributed by atoms with Gasteiger partial charge in [0.05, 0.1) is 34.4 Å². The molecule has 0 aromatic heterocycles. The van der Waals surface area contributed by atoms with E-state index in [-0.39, 0.29) is 38.2 Å². The number of hydrogen-bond acceptors (Lipinski definition) is 7. The molecule has 2 atom stereocenters. The Morgan fingerprint density at radius 3 is 0.877 bits per heavy atom. The van der Waals surface area contributed by atoms with Crippen molar-refractivity contribution < 1.29 is 42.9 Å². The number of nitrogens with zero attached hydrogens (tertiary/aromatic N) is 1. The lowest BCUT2D eigenvalue weighted by molar-refractivity contribution is -0.870. The first-order valence-corrected chi connectivity index (χ1v) is 32.2. The van der Waals surface area contributed by atoms with Gasteiger partial charge in [0.1, 0.15) is 13.2 Å². The first-order valence-electron chi connectivity index (χ1n) is 32.2. The Kier molecular flexibility index (Phi) is 55.2. The Balaban J connectivity index is 3.76. The standard InChI is InChI=1S/C64H125NO8/c1-6-8-10-12-14-16-17-18-19-20-21-22-23-24-25-26-27-28-29-30-31-32-33-34-35-36-37-38-39-40-41-42-43-44-45-46-47-49-51-53-55-62(67)73-60(59-72-64(63(68)69)70-57-56-65(3,4)5)58-71-61(66)54-52-50-48-15-13-11-9-7-2/h60,64H,6-59H2,1-5H3/p+1. The van der Waals surface area contributed by atoms with Crippen LogP contribution in [0.15, 0.2) is 0 Å². The minimum atomic E-state index is -1.50. The fraction of sp³-hybridized carbons (Fsp3) is 0.953. The van der Waals surface area contributed by atoms with Gasteiger partial charge in [0.15, 0.2) is 6.10 Å². The molecule has 0 rings (SSSR count). The summed E-state index contributed by atoms with van der Waals surface area (Å²) in [7, 11) is 5.97. The molecule has 9 nitrogen and oxygen atoms in total. The Hall–Kier alpha value is -1.71. The number of likely N-dealkylation sites (N-methyl/N-ethyl adjacent to an activating group) is 1. The van der Waals surface area contributed by atoms with E-state index in [9.17, 15) is 19.5 Å². The number of carboxylic acids is 1. The summed E-state index contributed by atoms with van der Waals surface area (Å²) >= 11 is 0. The molecule has 0 bridgehead atoms. The molecular formula is C64H126NO8+. The van der Waals surface area contributed by atoms with Crippen LogP contribution in [-0.2, 0) is 33.3 Å². The quantitative estimate of drug-likeness (QED) is 0.0278. The minimum absolute atomic E-state index is 0.174. The lowest BCUT2D eigenvalue weighted by atomic mass is 10.0. The number of esters is 2. The molecule has 9 heteroatoms. The van der Waals surface area contributed by atoms with Crippen molar-refractivity contribution >= 4 is 17.9 Å². The molecule has 0 aliphatic heterocycles. The molecule has 0 saturated carbocycles. The number of carbonyl (C=O) groups is 3. The van der Waals surface area contributed by atoms with Crippen LogP contribution in [0, 0.1) is 0 Å². The first-order chi connectivity index (χ1) is 35.6. The smallest absolute Gasteiger partial charge is 0.361 e. The van der Waals surface area contributed by atoms with E-state index in [0.29, 0.717) is 17.4 Å². The molecule has 0 amide bonds. The molecule has 0 heterocycles. The van der Waals surface area contributed by atoms with Crippen LogP contribution < -0.4 is 0 Å². The summed E-state index contributed by atoms with van der Waals surface area (Å²) in [5, 5.41) is 9.66. The fourth-order valence-corrected chi connectivity index (χ4v) is 9.90. The van der Waals surface area contributed by atoms with Crippen LogP contribution in [0.4, 0.5) is 0 Å². The average Bonchev–Trinajstić information content (AvgIpc) is 3.36. The first kappa shape index (κ1) is 71.3. The molecule has 73 heavy (non-hydrogen) atoms. The van der Waals surface area contributed by atoms with Crippen LogP contribution in [0.2, 0.25) is 0 Å². The molecule has 0 aromatic rings. The van der Waals surface area contributed by atoms with Crippen molar-refractivity contribution in [1.82, 2.24) is 0 Å². The maximum Gasteiger partial charge on any atom is 0.361 e. The summed E-state index contributed by atoms with van der Waals surface area (Å²) in [5.74, 6) is -1.99. The van der Waals surface area contributed by atoms with Crippen LogP contribution in [-0.4, -0.2) is 87.4 Å². The van der Waals surface area contributed by atoms with Gasteiger partial charge in [-0.1, -0.05) is 309 Å². The number of carboxylic acid groups (broad SMARTS) is 1. The molecule has 2 unspecified atom stereocenters. The zero-order valence-corrected chi connectivity index (χ0v) is 49.6. The summed E-state index contributed by atoms with van der Waals surface area (Å²) in [4.78, 5) is 37.2. The number of hydrogen-bond donors (Lipinski definition) is 1. The Labute approximate surface area is 453 Å². The zero-order valence-electron chi connectivity index (χ0n) is 49.6. The van der Waals surface area contributed by atoms with Crippen LogP contribution in [0.3, 0.4) is 0 Å². The molecule has 434 valence electrons. The molecule has 0 saturated heterocycles. The van der Waals surface area contributed by atoms with Gasteiger partial charge in [-0.3, -0.25) is 9.59 Å². The Morgan fingerprint density at radius 1 is 0.356 bits per heavy atom. The van der Waals surface area contributed by atoms with E-state index in [0.717, 1.165) is 38.5 Å². The van der Waals surface area contributed by atoms with E-state index in [1.54, 1.807) is 0 Å². The lowest BCUT2D eigenvalue weighted by Crippen LogP contribution is -2.40. The van der Waals surface area contributed by atoms with Crippen molar-refractivity contribution in [2.45, 2.75) is 347 Å². The predicted octanol–water partition coefficient (Wildman–Crippen LogP) is 19.1. The summed E-state index contributed by atoms with van der Waals surface area (Å²) in [6, 6.07) is 0. The van der Waals surface area contributed by atoms with E-state index < -0.39 is 18.4 Å². The average molecular weight is 1040 g/mol. The molecule has 0 aliphatic carbocycles. The second-order valence-electron chi connectivity index (χ2n) is 23.4. The number of rotatable bonds is 61. The molecule has 0 aromatic carbocycles. The third kappa shape index (κ3) is 57.8. The normalized spacial score (nSPS) is 12.6. The van der Waals surface area contributed by atoms with Gasteiger partial charge in [-0.15, -0.1) is 0 Å². The second kappa shape index (κ2) is 56.5. The predicted molar refractivity (Wildman–Crippen MR) is 309 cm³/mol. The molecule has 1 N–H and O–H groups in total. The van der Waals surface area contributed by atoms with Gasteiger partial charge in [0.2, 0.25) is 0 Å². The van der Waals surface area contributed by atoms with Crippen LogP contribution in [0.25, 0.3) is 0 Å². The summed E-state index contributed by atoms with van der Waals surface area (Å²) in [5.41, 5.74) is 0. The van der Waals surface area contributed by atoms with Crippen molar-refractivity contribution in [1.29, 1.82) is 0 Å². The van der Waals surface area contributed by atoms with Crippen molar-refractivity contribution in [2.75, 3.05) is 47.5 Å². The van der Waals surface area contributed by atoms with Gasteiger partial charge < -0.3 is 28.5 Å². The highest BCUT2D eigenvalue weighted by Gasteiger charge is 2.25. The van der Waals surface area contributed by atoms with E-state index in [1.807, 2.05) is 21.1 Å².